The minimum Gasteiger partial charge on any atom is -0.411 e. The Hall–Kier alpha value is -0.830. The van der Waals surface area contributed by atoms with Crippen molar-refractivity contribution in [3.05, 3.63) is 11.6 Å². The molecule has 4 rings (SSSR count). The van der Waals surface area contributed by atoms with Gasteiger partial charge in [-0.1, -0.05) is 51.4 Å². The van der Waals surface area contributed by atoms with Crippen LogP contribution >= 0.6 is 0 Å². The predicted molar refractivity (Wildman–Crippen MR) is 124 cm³/mol. The van der Waals surface area contributed by atoms with E-state index < -0.39 is 0 Å². The van der Waals surface area contributed by atoms with E-state index in [0.29, 0.717) is 28.6 Å². The topological polar surface area (TPSA) is 52.8 Å². The normalized spacial score (nSPS) is 44.8. The minimum absolute atomic E-state index is 0.117. The van der Waals surface area contributed by atoms with E-state index in [1.807, 2.05) is 0 Å². The number of aliphatic hydroxyl groups is 1. The number of nitrogens with zero attached hydrogens (tertiary/aromatic N) is 1. The molecule has 30 heavy (non-hydrogen) atoms. The fourth-order valence-corrected chi connectivity index (χ4v) is 8.54. The lowest BCUT2D eigenvalue weighted by molar-refractivity contribution is -0.0533. The summed E-state index contributed by atoms with van der Waals surface area (Å²) in [7, 11) is 0. The molecule has 4 aliphatic rings. The van der Waals surface area contributed by atoms with Crippen LogP contribution in [-0.4, -0.2) is 22.1 Å². The molecule has 1 unspecified atom stereocenters. The van der Waals surface area contributed by atoms with Gasteiger partial charge in [0.15, 0.2) is 0 Å². The highest BCUT2D eigenvalue weighted by Gasteiger charge is 2.59. The molecule has 0 bridgehead atoms. The van der Waals surface area contributed by atoms with Crippen molar-refractivity contribution in [2.45, 2.75) is 105 Å². The number of allylic oxidation sites excluding steroid dienone is 1. The van der Waals surface area contributed by atoms with E-state index in [4.69, 9.17) is 0 Å². The van der Waals surface area contributed by atoms with Crippen molar-refractivity contribution in [3.63, 3.8) is 0 Å². The second kappa shape index (κ2) is 8.26. The maximum Gasteiger partial charge on any atom is 0.0601 e. The fraction of sp³-hybridized carbons (Fsp3) is 0.889. The molecule has 0 aromatic rings. The summed E-state index contributed by atoms with van der Waals surface area (Å²) in [4.78, 5) is 0. The number of hydrogen-bond acceptors (Lipinski definition) is 3. The number of fused-ring (bicyclic) bond motifs is 5. The zero-order valence-electron chi connectivity index (χ0n) is 20.0. The Morgan fingerprint density at radius 2 is 1.87 bits per heavy atom. The number of oxime groups is 1. The SMILES string of the molecule is CC(C)CCC(=NO)[C@@H](C)[C@H]1CC[C@H]2[C@@H]3CC=C4CC(O)CC[C@]4(C)[C@H]3CC[C@]12C. The van der Waals surface area contributed by atoms with E-state index in [9.17, 15) is 10.3 Å². The van der Waals surface area contributed by atoms with Crippen molar-refractivity contribution in [1.82, 2.24) is 0 Å². The second-order valence-corrected chi connectivity index (χ2v) is 12.2. The van der Waals surface area contributed by atoms with Gasteiger partial charge in [0.1, 0.15) is 0 Å². The van der Waals surface area contributed by atoms with Crippen molar-refractivity contribution in [1.29, 1.82) is 0 Å². The molecule has 0 spiro atoms. The highest BCUT2D eigenvalue weighted by atomic mass is 16.4. The maximum absolute atomic E-state index is 10.2. The second-order valence-electron chi connectivity index (χ2n) is 12.2. The lowest BCUT2D eigenvalue weighted by atomic mass is 9.47. The summed E-state index contributed by atoms with van der Waals surface area (Å²) in [5.41, 5.74) is 3.31. The third-order valence-electron chi connectivity index (χ3n) is 10.4. The van der Waals surface area contributed by atoms with Crippen molar-refractivity contribution in [2.24, 2.45) is 51.5 Å². The van der Waals surface area contributed by atoms with Gasteiger partial charge < -0.3 is 10.3 Å². The Balaban J connectivity index is 1.54. The van der Waals surface area contributed by atoms with E-state index in [1.165, 1.54) is 38.5 Å². The molecule has 0 aromatic carbocycles. The summed E-state index contributed by atoms with van der Waals surface area (Å²) in [5, 5.41) is 23.8. The molecule has 0 aromatic heterocycles. The van der Waals surface area contributed by atoms with Crippen molar-refractivity contribution < 1.29 is 10.3 Å². The van der Waals surface area contributed by atoms with Crippen molar-refractivity contribution in [3.8, 4) is 0 Å². The molecule has 170 valence electrons. The van der Waals surface area contributed by atoms with Crippen LogP contribution in [0.3, 0.4) is 0 Å². The summed E-state index contributed by atoms with van der Waals surface area (Å²) in [6.07, 6.45) is 14.0. The standard InChI is InChI=1S/C27H45NO2/c1-17(2)6-11-25(28-30)18(3)22-9-10-23-21-8-7-19-16-20(29)12-14-26(19,4)24(21)13-15-27(22,23)5/h7,17-18,20-24,29-30H,6,8-16H2,1-5H3/t18-,20?,21-,22+,23-,24-,26-,27+/m0/s1. The van der Waals surface area contributed by atoms with E-state index in [1.54, 1.807) is 5.57 Å². The molecule has 8 atom stereocenters. The van der Waals surface area contributed by atoms with Crippen LogP contribution in [0.2, 0.25) is 0 Å². The van der Waals surface area contributed by atoms with Gasteiger partial charge in [0.25, 0.3) is 0 Å². The van der Waals surface area contributed by atoms with Crippen LogP contribution in [0.15, 0.2) is 16.8 Å². The summed E-state index contributed by atoms with van der Waals surface area (Å²) >= 11 is 0. The lowest BCUT2D eigenvalue weighted by Crippen LogP contribution is -2.51. The summed E-state index contributed by atoms with van der Waals surface area (Å²) in [6, 6.07) is 0. The molecule has 0 radical (unpaired) electrons. The molecule has 3 nitrogen and oxygen atoms in total. The lowest BCUT2D eigenvalue weighted by Gasteiger charge is -2.58. The molecule has 0 heterocycles. The van der Waals surface area contributed by atoms with Crippen LogP contribution < -0.4 is 0 Å². The molecular weight excluding hydrogens is 370 g/mol. The van der Waals surface area contributed by atoms with Gasteiger partial charge in [-0.05, 0) is 105 Å². The van der Waals surface area contributed by atoms with Gasteiger partial charge in [0.05, 0.1) is 11.8 Å². The quantitative estimate of drug-likeness (QED) is 0.224. The van der Waals surface area contributed by atoms with Gasteiger partial charge in [0, 0.05) is 5.92 Å². The molecule has 0 aliphatic heterocycles. The molecule has 0 amide bonds. The first-order valence-corrected chi connectivity index (χ1v) is 12.8. The first-order valence-electron chi connectivity index (χ1n) is 12.8. The molecule has 0 saturated heterocycles. The van der Waals surface area contributed by atoms with E-state index in [-0.39, 0.29) is 6.10 Å². The van der Waals surface area contributed by atoms with Crippen LogP contribution in [0, 0.1) is 46.3 Å². The van der Waals surface area contributed by atoms with Crippen LogP contribution in [0.4, 0.5) is 0 Å². The fourth-order valence-electron chi connectivity index (χ4n) is 8.54. The Labute approximate surface area is 184 Å². The van der Waals surface area contributed by atoms with E-state index in [2.05, 4.69) is 45.9 Å². The Kier molecular flexibility index (Phi) is 6.16. The van der Waals surface area contributed by atoms with Gasteiger partial charge >= 0.3 is 0 Å². The smallest absolute Gasteiger partial charge is 0.0601 e. The first-order chi connectivity index (χ1) is 14.2. The molecule has 3 heteroatoms. The number of rotatable bonds is 5. The third-order valence-corrected chi connectivity index (χ3v) is 10.4. The first kappa shape index (κ1) is 22.4. The van der Waals surface area contributed by atoms with Gasteiger partial charge in [-0.2, -0.15) is 0 Å². The summed E-state index contributed by atoms with van der Waals surface area (Å²) < 4.78 is 0. The third kappa shape index (κ3) is 3.57. The highest BCUT2D eigenvalue weighted by Crippen LogP contribution is 2.67. The molecule has 3 fully saturated rings. The van der Waals surface area contributed by atoms with Crippen molar-refractivity contribution in [2.75, 3.05) is 0 Å². The summed E-state index contributed by atoms with van der Waals surface area (Å²) in [6.45, 7) is 11.9. The zero-order chi connectivity index (χ0) is 21.7. The van der Waals surface area contributed by atoms with Crippen LogP contribution in [0.25, 0.3) is 0 Å². The highest BCUT2D eigenvalue weighted by molar-refractivity contribution is 5.86. The number of aliphatic hydroxyl groups excluding tert-OH is 1. The van der Waals surface area contributed by atoms with Crippen LogP contribution in [-0.2, 0) is 0 Å². The van der Waals surface area contributed by atoms with Crippen LogP contribution in [0.5, 0.6) is 0 Å². The monoisotopic (exact) mass is 415 g/mol. The van der Waals surface area contributed by atoms with E-state index >= 15 is 0 Å². The van der Waals surface area contributed by atoms with Crippen LogP contribution in [0.1, 0.15) is 98.8 Å². The zero-order valence-corrected chi connectivity index (χ0v) is 20.0. The maximum atomic E-state index is 10.2. The van der Waals surface area contributed by atoms with Gasteiger partial charge in [-0.15, -0.1) is 0 Å². The predicted octanol–water partition coefficient (Wildman–Crippen LogP) is 6.83. The average Bonchev–Trinajstić information content (AvgIpc) is 3.05. The van der Waals surface area contributed by atoms with Gasteiger partial charge in [0.2, 0.25) is 0 Å². The minimum atomic E-state index is -0.117. The molecule has 3 saturated carbocycles. The van der Waals surface area contributed by atoms with Gasteiger partial charge in [-0.25, -0.2) is 0 Å². The summed E-state index contributed by atoms with van der Waals surface area (Å²) in [5.74, 6) is 4.08. The Morgan fingerprint density at radius 3 is 2.57 bits per heavy atom. The Bertz CT molecular complexity index is 697. The molecule has 2 N–H and O–H groups in total. The van der Waals surface area contributed by atoms with Gasteiger partial charge in [-0.3, -0.25) is 0 Å². The van der Waals surface area contributed by atoms with E-state index in [0.717, 1.165) is 49.1 Å². The number of hydrogen-bond donors (Lipinski definition) is 2. The largest absolute Gasteiger partial charge is 0.411 e. The molecule has 4 aliphatic carbocycles. The Morgan fingerprint density at radius 1 is 1.10 bits per heavy atom. The molecular formula is C27H45NO2. The van der Waals surface area contributed by atoms with Crippen molar-refractivity contribution >= 4 is 5.71 Å². The average molecular weight is 416 g/mol.